The van der Waals surface area contributed by atoms with Gasteiger partial charge in [0.2, 0.25) is 0 Å². The minimum Gasteiger partial charge on any atom is -0.309 e. The van der Waals surface area contributed by atoms with Gasteiger partial charge in [-0.3, -0.25) is 0 Å². The normalized spacial score (nSPS) is 11.8. The first-order chi connectivity index (χ1) is 65.0. The fraction of sp³-hybridized carbons (Fsp3) is 0. The van der Waals surface area contributed by atoms with Gasteiger partial charge in [-0.15, -0.1) is 0 Å². The Morgan fingerprint density at radius 2 is 0.305 bits per heavy atom. The molecule has 7 nitrogen and oxygen atoms in total. The van der Waals surface area contributed by atoms with E-state index in [1.165, 1.54) is 214 Å². The third kappa shape index (κ3) is 12.3. The van der Waals surface area contributed by atoms with E-state index in [4.69, 9.17) is 0 Å². The largest absolute Gasteiger partial charge is 0.309 e. The molecule has 0 saturated carbocycles. The number of benzene rings is 21. The SMILES string of the molecule is c1cc(-c2ccc3ccccc3c2)cc(-n2c3ccccc3c3cc(-n4c5ccccc5c5ccccc54)ccc32)c1.c1cc(-n2c3ccccc3c3ccccc32)cc(-n2c3ccccc3c3cc(-n4c5ccccc5c5ccccc54)ccc32)c1.c1ccc(-c2cc(-c3ccccc3)cc(-n3c4ccccc4c4cc(-n5c6ccccc6c6ccccc65)ccc43)c2)cc1. The Morgan fingerprint density at radius 1 is 0.0916 bits per heavy atom. The van der Waals surface area contributed by atoms with Gasteiger partial charge in [0.15, 0.2) is 0 Å². The van der Waals surface area contributed by atoms with Gasteiger partial charge in [0.25, 0.3) is 0 Å². The molecule has 28 aromatic rings. The number of para-hydroxylation sites is 11. The second kappa shape index (κ2) is 30.7. The summed E-state index contributed by atoms with van der Waals surface area (Å²) in [6.07, 6.45) is 0. The quantitative estimate of drug-likeness (QED) is 0.131. The molecule has 131 heavy (non-hydrogen) atoms. The van der Waals surface area contributed by atoms with Crippen LogP contribution in [0, 0.1) is 0 Å². The molecule has 0 unspecified atom stereocenters. The molecule has 0 N–H and O–H groups in total. The molecule has 0 aliphatic rings. The van der Waals surface area contributed by atoms with Crippen molar-refractivity contribution in [3.05, 3.63) is 491 Å². The van der Waals surface area contributed by atoms with Gasteiger partial charge in [-0.1, -0.05) is 315 Å². The lowest BCUT2D eigenvalue weighted by Crippen LogP contribution is -1.99. The molecule has 0 fully saturated rings. The fourth-order valence-electron chi connectivity index (χ4n) is 21.2. The highest BCUT2D eigenvalue weighted by Gasteiger charge is 2.24. The number of hydrogen-bond acceptors (Lipinski definition) is 0. The highest BCUT2D eigenvalue weighted by atomic mass is 15.0. The van der Waals surface area contributed by atoms with Crippen LogP contribution in [0.4, 0.5) is 0 Å². The number of rotatable bonds is 10. The molecule has 0 radical (unpaired) electrons. The van der Waals surface area contributed by atoms with Crippen molar-refractivity contribution in [1.29, 1.82) is 0 Å². The molecule has 21 aromatic carbocycles. The van der Waals surface area contributed by atoms with Crippen LogP contribution in [-0.4, -0.2) is 32.0 Å². The molecular weight excluding hydrogens is 1590 g/mol. The molecule has 7 aromatic heterocycles. The molecule has 0 spiro atoms. The maximum Gasteiger partial charge on any atom is 0.0542 e. The van der Waals surface area contributed by atoms with E-state index >= 15 is 0 Å². The van der Waals surface area contributed by atoms with Crippen LogP contribution in [0.3, 0.4) is 0 Å². The molecule has 612 valence electrons. The summed E-state index contributed by atoms with van der Waals surface area (Å²) < 4.78 is 16.8. The topological polar surface area (TPSA) is 34.5 Å². The predicted octanol–water partition coefficient (Wildman–Crippen LogP) is 32.9. The van der Waals surface area contributed by atoms with E-state index in [1.807, 2.05) is 0 Å². The molecule has 0 aliphatic carbocycles. The van der Waals surface area contributed by atoms with Crippen LogP contribution in [0.15, 0.2) is 491 Å². The second-order valence-electron chi connectivity index (χ2n) is 34.3. The van der Waals surface area contributed by atoms with Crippen LogP contribution in [0.2, 0.25) is 0 Å². The van der Waals surface area contributed by atoms with Crippen molar-refractivity contribution < 1.29 is 0 Å². The van der Waals surface area contributed by atoms with Crippen molar-refractivity contribution in [2.75, 3.05) is 0 Å². The Morgan fingerprint density at radius 3 is 0.618 bits per heavy atom. The molecule has 0 amide bonds. The fourth-order valence-corrected chi connectivity index (χ4v) is 21.2. The molecule has 0 saturated heterocycles. The molecule has 7 heteroatoms. The zero-order valence-corrected chi connectivity index (χ0v) is 71.4. The third-order valence-electron chi connectivity index (χ3n) is 27.0. The predicted molar refractivity (Wildman–Crippen MR) is 554 cm³/mol. The van der Waals surface area contributed by atoms with Crippen molar-refractivity contribution >= 4 is 163 Å². The van der Waals surface area contributed by atoms with Crippen molar-refractivity contribution in [2.45, 2.75) is 0 Å². The zero-order valence-electron chi connectivity index (χ0n) is 71.4. The van der Waals surface area contributed by atoms with Crippen LogP contribution in [0.1, 0.15) is 0 Å². The van der Waals surface area contributed by atoms with Crippen molar-refractivity contribution in [1.82, 2.24) is 32.0 Å². The van der Waals surface area contributed by atoms with Crippen LogP contribution >= 0.6 is 0 Å². The second-order valence-corrected chi connectivity index (χ2v) is 34.3. The molecule has 0 atom stereocenters. The molecule has 0 aliphatic heterocycles. The first-order valence-corrected chi connectivity index (χ1v) is 45.0. The maximum atomic E-state index is 2.43. The lowest BCUT2D eigenvalue weighted by Gasteiger charge is -2.14. The summed E-state index contributed by atoms with van der Waals surface area (Å²) in [6, 6.07) is 178. The van der Waals surface area contributed by atoms with Gasteiger partial charge in [-0.05, 0) is 220 Å². The van der Waals surface area contributed by atoms with Crippen LogP contribution in [0.5, 0.6) is 0 Å². The van der Waals surface area contributed by atoms with E-state index in [1.54, 1.807) is 0 Å². The summed E-state index contributed by atoms with van der Waals surface area (Å²) in [5, 5.41) is 20.2. The van der Waals surface area contributed by atoms with Crippen LogP contribution in [0.25, 0.3) is 237 Å². The lowest BCUT2D eigenvalue weighted by molar-refractivity contribution is 1.13. The van der Waals surface area contributed by atoms with Gasteiger partial charge in [-0.25, -0.2) is 0 Å². The summed E-state index contributed by atoms with van der Waals surface area (Å²) in [4.78, 5) is 0. The van der Waals surface area contributed by atoms with E-state index in [2.05, 4.69) is 523 Å². The minimum absolute atomic E-state index is 1.14. The van der Waals surface area contributed by atoms with Crippen LogP contribution < -0.4 is 0 Å². The monoisotopic (exact) mass is 1670 g/mol. The summed E-state index contributed by atoms with van der Waals surface area (Å²) >= 11 is 0. The highest BCUT2D eigenvalue weighted by molar-refractivity contribution is 6.17. The van der Waals surface area contributed by atoms with Gasteiger partial charge >= 0.3 is 0 Å². The summed E-state index contributed by atoms with van der Waals surface area (Å²) in [6.45, 7) is 0. The van der Waals surface area contributed by atoms with E-state index in [9.17, 15) is 0 Å². The van der Waals surface area contributed by atoms with Crippen LogP contribution in [-0.2, 0) is 0 Å². The van der Waals surface area contributed by atoms with E-state index in [0.717, 1.165) is 22.7 Å². The Hall–Kier alpha value is -17.5. The summed E-state index contributed by atoms with van der Waals surface area (Å²) in [7, 11) is 0. The lowest BCUT2D eigenvalue weighted by atomic mass is 9.98. The third-order valence-corrected chi connectivity index (χ3v) is 27.0. The van der Waals surface area contributed by atoms with E-state index < -0.39 is 0 Å². The first-order valence-electron chi connectivity index (χ1n) is 45.0. The van der Waals surface area contributed by atoms with Crippen molar-refractivity contribution in [3.8, 4) is 73.2 Å². The number of hydrogen-bond donors (Lipinski definition) is 0. The van der Waals surface area contributed by atoms with Gasteiger partial charge in [0, 0.05) is 115 Å². The first kappa shape index (κ1) is 74.9. The molecule has 28 rings (SSSR count). The number of aromatic nitrogens is 7. The van der Waals surface area contributed by atoms with E-state index in [-0.39, 0.29) is 0 Å². The minimum atomic E-state index is 1.14. The number of fused-ring (bicyclic) bond motifs is 22. The average Bonchev–Trinajstić information content (AvgIpc) is 1.58. The smallest absolute Gasteiger partial charge is 0.0542 e. The summed E-state index contributed by atoms with van der Waals surface area (Å²) in [5.41, 5.74) is 32.4. The highest BCUT2D eigenvalue weighted by Crippen LogP contribution is 2.45. The Labute approximate surface area is 754 Å². The summed E-state index contributed by atoms with van der Waals surface area (Å²) in [5.74, 6) is 0. The average molecular weight is 1670 g/mol. The molecular formula is C124H81N7. The van der Waals surface area contributed by atoms with E-state index in [0.29, 0.717) is 0 Å². The van der Waals surface area contributed by atoms with Gasteiger partial charge in [0.05, 0.1) is 77.2 Å². The molecule has 0 bridgehead atoms. The number of nitrogens with zero attached hydrogens (tertiary/aromatic N) is 7. The zero-order chi connectivity index (χ0) is 86.1. The Bertz CT molecular complexity index is 9180. The van der Waals surface area contributed by atoms with Crippen molar-refractivity contribution in [2.24, 2.45) is 0 Å². The standard InChI is InChI=1S/C42H27N3.C42H28N2.C40H26N2/c1-6-19-37-31(14-1)32-15-2-7-20-38(32)43(37)28-12-11-13-29(26-28)44-41-23-10-5-18-35(41)36-27-30(24-25-42(36)44)45-39-21-8-3-16-33(39)34-17-4-9-22-40(34)45;1-3-13-29(14-4-1)31-25-32(30-15-5-2-6-16-30)27-34(26-31)44-41-22-12-9-19-37(41)38-28-33(23-24-42(38)44)43-39-20-10-7-17-35(39)36-18-8-11-21-40(36)43;1-2-11-28-24-30(21-20-27(28)10-1)29-12-9-13-31(25-29)41-39-19-8-5-16-35(39)36-26-32(22-23-40(36)41)42-37-17-6-3-14-33(37)34-15-4-7-18-38(34)42/h1-27H;1-28H;1-26H. The Balaban J connectivity index is 0.000000103. The van der Waals surface area contributed by atoms with Gasteiger partial charge < -0.3 is 32.0 Å². The van der Waals surface area contributed by atoms with Gasteiger partial charge in [0.1, 0.15) is 0 Å². The molecule has 7 heterocycles. The van der Waals surface area contributed by atoms with Gasteiger partial charge in [-0.2, -0.15) is 0 Å². The maximum absolute atomic E-state index is 2.43. The van der Waals surface area contributed by atoms with Crippen molar-refractivity contribution in [3.63, 3.8) is 0 Å². The Kier molecular flexibility index (Phi) is 17.5.